The number of benzene rings is 2. The van der Waals surface area contributed by atoms with Crippen LogP contribution >= 0.6 is 23.1 Å². The third kappa shape index (κ3) is 4.28. The summed E-state index contributed by atoms with van der Waals surface area (Å²) >= 11 is 2.36. The van der Waals surface area contributed by atoms with E-state index in [1.54, 1.807) is 11.3 Å². The maximum atomic E-state index is 12.2. The van der Waals surface area contributed by atoms with Gasteiger partial charge in [0.1, 0.15) is 17.6 Å². The lowest BCUT2D eigenvalue weighted by Crippen LogP contribution is -2.33. The first-order chi connectivity index (χ1) is 16.0. The zero-order valence-electron chi connectivity index (χ0n) is 18.2. The number of carbonyl (C=O) groups excluding carboxylic acids is 2. The van der Waals surface area contributed by atoms with Gasteiger partial charge in [0.05, 0.1) is 12.3 Å². The van der Waals surface area contributed by atoms with Gasteiger partial charge < -0.3 is 14.5 Å². The van der Waals surface area contributed by atoms with E-state index >= 15 is 0 Å². The van der Waals surface area contributed by atoms with E-state index in [0.717, 1.165) is 50.2 Å². The molecular formula is C25H22N2O4S2. The molecule has 0 radical (unpaired) electrons. The van der Waals surface area contributed by atoms with Crippen molar-refractivity contribution in [1.82, 2.24) is 10.3 Å². The van der Waals surface area contributed by atoms with Crippen molar-refractivity contribution in [3.63, 3.8) is 0 Å². The van der Waals surface area contributed by atoms with E-state index in [1.807, 2.05) is 67.8 Å². The van der Waals surface area contributed by atoms with E-state index < -0.39 is 6.04 Å². The first kappa shape index (κ1) is 21.7. The number of rotatable bonds is 7. The van der Waals surface area contributed by atoms with Gasteiger partial charge in [-0.05, 0) is 42.1 Å². The van der Waals surface area contributed by atoms with Crippen molar-refractivity contribution in [1.29, 1.82) is 0 Å². The quantitative estimate of drug-likeness (QED) is 0.354. The van der Waals surface area contributed by atoms with Crippen molar-refractivity contribution in [2.45, 2.75) is 32.2 Å². The van der Waals surface area contributed by atoms with Crippen LogP contribution in [0.2, 0.25) is 0 Å². The smallest absolute Gasteiger partial charge is 0.287 e. The lowest BCUT2D eigenvalue weighted by molar-refractivity contribution is -0.112. The molecule has 1 saturated heterocycles. The Bertz CT molecular complexity index is 1330. The minimum absolute atomic E-state index is 0.124. The standard InChI is InChI=1S/C25H22N2O4S2/c1-14(21-24(28)33-25(29)27-21)17-8-9-20(18-11-13-32-22(17)18)30-12-10-19-15(2)31-23(26-19)16-6-4-3-5-7-16/h3-9,11,13-14,21H,10,12H2,1-2H3,(H,27,29). The number of thiophene rings is 1. The molecule has 1 aliphatic heterocycles. The van der Waals surface area contributed by atoms with Gasteiger partial charge in [-0.15, -0.1) is 11.3 Å². The molecule has 4 aromatic rings. The largest absolute Gasteiger partial charge is 0.493 e. The fourth-order valence-corrected chi connectivity index (χ4v) is 5.83. The summed E-state index contributed by atoms with van der Waals surface area (Å²) in [6.07, 6.45) is 0.631. The van der Waals surface area contributed by atoms with Crippen molar-refractivity contribution < 1.29 is 18.7 Å². The molecule has 0 bridgehead atoms. The summed E-state index contributed by atoms with van der Waals surface area (Å²) in [5.41, 5.74) is 2.87. The maximum absolute atomic E-state index is 12.2. The molecular weight excluding hydrogens is 456 g/mol. The van der Waals surface area contributed by atoms with Gasteiger partial charge in [-0.25, -0.2) is 4.98 Å². The highest BCUT2D eigenvalue weighted by atomic mass is 32.2. The van der Waals surface area contributed by atoms with Gasteiger partial charge in [0.15, 0.2) is 0 Å². The number of amides is 1. The second kappa shape index (κ2) is 9.03. The number of nitrogens with zero attached hydrogens (tertiary/aromatic N) is 1. The number of carbonyl (C=O) groups is 2. The number of aromatic nitrogens is 1. The van der Waals surface area contributed by atoms with Crippen molar-refractivity contribution in [3.05, 3.63) is 70.9 Å². The van der Waals surface area contributed by atoms with Gasteiger partial charge in [-0.2, -0.15) is 0 Å². The Morgan fingerprint density at radius 2 is 1.97 bits per heavy atom. The maximum Gasteiger partial charge on any atom is 0.287 e. The molecule has 3 heterocycles. The van der Waals surface area contributed by atoms with Crippen LogP contribution in [-0.4, -0.2) is 28.0 Å². The lowest BCUT2D eigenvalue weighted by atomic mass is 9.93. The first-order valence-corrected chi connectivity index (χ1v) is 12.4. The Labute approximate surface area is 199 Å². The lowest BCUT2D eigenvalue weighted by Gasteiger charge is -2.19. The van der Waals surface area contributed by atoms with Crippen molar-refractivity contribution in [2.75, 3.05) is 6.61 Å². The van der Waals surface area contributed by atoms with Crippen LogP contribution in [0, 0.1) is 6.92 Å². The van der Waals surface area contributed by atoms with E-state index in [1.165, 1.54) is 0 Å². The molecule has 8 heteroatoms. The second-order valence-corrected chi connectivity index (χ2v) is 9.82. The fourth-order valence-electron chi connectivity index (χ4n) is 4.04. The van der Waals surface area contributed by atoms with Crippen LogP contribution in [0.15, 0.2) is 58.3 Å². The highest BCUT2D eigenvalue weighted by Gasteiger charge is 2.36. The zero-order valence-corrected chi connectivity index (χ0v) is 19.8. The van der Waals surface area contributed by atoms with Crippen LogP contribution in [-0.2, 0) is 11.2 Å². The zero-order chi connectivity index (χ0) is 22.9. The number of aryl methyl sites for hydroxylation is 1. The Kier molecular flexibility index (Phi) is 5.95. The highest BCUT2D eigenvalue weighted by Crippen LogP contribution is 2.39. The molecule has 6 nitrogen and oxygen atoms in total. The molecule has 168 valence electrons. The molecule has 2 aromatic heterocycles. The summed E-state index contributed by atoms with van der Waals surface area (Å²) < 4.78 is 13.1. The molecule has 1 aliphatic rings. The minimum atomic E-state index is -0.506. The van der Waals surface area contributed by atoms with Gasteiger partial charge >= 0.3 is 0 Å². The number of hydrogen-bond donors (Lipinski definition) is 1. The summed E-state index contributed by atoms with van der Waals surface area (Å²) in [6, 6.07) is 15.3. The predicted octanol–water partition coefficient (Wildman–Crippen LogP) is 5.94. The monoisotopic (exact) mass is 478 g/mol. The summed E-state index contributed by atoms with van der Waals surface area (Å²) in [5.74, 6) is 2.08. The molecule has 1 amide bonds. The van der Waals surface area contributed by atoms with Gasteiger partial charge in [0.2, 0.25) is 11.0 Å². The van der Waals surface area contributed by atoms with Gasteiger partial charge in [-0.3, -0.25) is 9.59 Å². The van der Waals surface area contributed by atoms with Gasteiger partial charge in [-0.1, -0.05) is 31.2 Å². The van der Waals surface area contributed by atoms with Crippen LogP contribution in [0.25, 0.3) is 21.5 Å². The normalized spacial score (nSPS) is 16.8. The van der Waals surface area contributed by atoms with Gasteiger partial charge in [0.25, 0.3) is 5.24 Å². The predicted molar refractivity (Wildman–Crippen MR) is 131 cm³/mol. The molecule has 5 rings (SSSR count). The third-order valence-corrected chi connectivity index (χ3v) is 7.55. The number of thioether (sulfide) groups is 1. The van der Waals surface area contributed by atoms with Crippen LogP contribution in [0.3, 0.4) is 0 Å². The molecule has 1 fully saturated rings. The Balaban J connectivity index is 1.31. The summed E-state index contributed by atoms with van der Waals surface area (Å²) in [7, 11) is 0. The summed E-state index contributed by atoms with van der Waals surface area (Å²) in [6.45, 7) is 4.36. The molecule has 0 saturated carbocycles. The summed E-state index contributed by atoms with van der Waals surface area (Å²) in [4.78, 5) is 28.4. The molecule has 0 aliphatic carbocycles. The topological polar surface area (TPSA) is 81.4 Å². The summed E-state index contributed by atoms with van der Waals surface area (Å²) in [5, 5.41) is 5.40. The SMILES string of the molecule is Cc1oc(-c2ccccc2)nc1CCOc1ccc(C(C)C2NC(=O)SC2=O)c2sccc12. The number of nitrogens with one attached hydrogen (secondary N) is 1. The van der Waals surface area contributed by atoms with E-state index in [2.05, 4.69) is 10.3 Å². The van der Waals surface area contributed by atoms with E-state index in [-0.39, 0.29) is 16.3 Å². The number of hydrogen-bond acceptors (Lipinski definition) is 7. The molecule has 1 N–H and O–H groups in total. The first-order valence-electron chi connectivity index (χ1n) is 10.7. The van der Waals surface area contributed by atoms with E-state index in [9.17, 15) is 9.59 Å². The molecule has 0 spiro atoms. The van der Waals surface area contributed by atoms with Crippen molar-refractivity contribution >= 4 is 43.5 Å². The van der Waals surface area contributed by atoms with E-state index in [0.29, 0.717) is 18.9 Å². The number of fused-ring (bicyclic) bond motifs is 1. The van der Waals surface area contributed by atoms with Crippen LogP contribution in [0.1, 0.15) is 29.9 Å². The average Bonchev–Trinajstić information content (AvgIpc) is 3.53. The van der Waals surface area contributed by atoms with Crippen molar-refractivity contribution in [2.24, 2.45) is 0 Å². The Hall–Kier alpha value is -3.10. The second-order valence-electron chi connectivity index (χ2n) is 7.92. The fraction of sp³-hybridized carbons (Fsp3) is 0.240. The van der Waals surface area contributed by atoms with E-state index in [4.69, 9.17) is 9.15 Å². The number of oxazole rings is 1. The molecule has 2 aromatic carbocycles. The average molecular weight is 479 g/mol. The molecule has 33 heavy (non-hydrogen) atoms. The van der Waals surface area contributed by atoms with Crippen LogP contribution in [0.5, 0.6) is 5.75 Å². The minimum Gasteiger partial charge on any atom is -0.493 e. The van der Waals surface area contributed by atoms with Crippen LogP contribution < -0.4 is 10.1 Å². The Morgan fingerprint density at radius 1 is 1.15 bits per heavy atom. The molecule has 2 unspecified atom stereocenters. The highest BCUT2D eigenvalue weighted by molar-refractivity contribution is 8.26. The van der Waals surface area contributed by atoms with Gasteiger partial charge in [0, 0.05) is 39.8 Å². The number of ether oxygens (including phenoxy) is 1. The van der Waals surface area contributed by atoms with Crippen LogP contribution in [0.4, 0.5) is 4.79 Å². The van der Waals surface area contributed by atoms with Crippen molar-refractivity contribution in [3.8, 4) is 17.2 Å². The third-order valence-electron chi connectivity index (χ3n) is 5.83. The Morgan fingerprint density at radius 3 is 2.73 bits per heavy atom. The molecule has 2 atom stereocenters.